The molecule has 0 saturated carbocycles. The molecule has 1 amide bonds. The van der Waals surface area contributed by atoms with Crippen LogP contribution in [0.5, 0.6) is 0 Å². The Kier molecular flexibility index (Phi) is 4.04. The summed E-state index contributed by atoms with van der Waals surface area (Å²) in [6, 6.07) is 5.66. The van der Waals surface area contributed by atoms with Crippen molar-refractivity contribution in [3.8, 4) is 0 Å². The van der Waals surface area contributed by atoms with Crippen LogP contribution in [-0.4, -0.2) is 10.9 Å². The summed E-state index contributed by atoms with van der Waals surface area (Å²) in [5.41, 5.74) is 4.85. The van der Waals surface area contributed by atoms with Crippen molar-refractivity contribution in [3.63, 3.8) is 0 Å². The third-order valence-electron chi connectivity index (χ3n) is 2.60. The number of alkyl halides is 3. The fourth-order valence-electron chi connectivity index (χ4n) is 1.58. The SMILES string of the molecule is Nc1cccnc1C(=O)Nc1ccc(C(F)(F)F)cc1Cl. The van der Waals surface area contributed by atoms with Gasteiger partial charge in [0.15, 0.2) is 5.69 Å². The zero-order valence-corrected chi connectivity index (χ0v) is 11.2. The Morgan fingerprint density at radius 2 is 2.00 bits per heavy atom. The first kappa shape index (κ1) is 15.1. The van der Waals surface area contributed by atoms with E-state index in [0.29, 0.717) is 0 Å². The van der Waals surface area contributed by atoms with Crippen molar-refractivity contribution in [1.29, 1.82) is 0 Å². The molecule has 0 aliphatic heterocycles. The maximum atomic E-state index is 12.5. The van der Waals surface area contributed by atoms with Gasteiger partial charge in [-0.1, -0.05) is 11.6 Å². The van der Waals surface area contributed by atoms with E-state index in [9.17, 15) is 18.0 Å². The lowest BCUT2D eigenvalue weighted by atomic mass is 10.2. The van der Waals surface area contributed by atoms with Gasteiger partial charge in [0.1, 0.15) is 0 Å². The Hall–Kier alpha value is -2.28. The van der Waals surface area contributed by atoms with E-state index >= 15 is 0 Å². The van der Waals surface area contributed by atoms with Crippen LogP contribution in [0, 0.1) is 0 Å². The molecule has 0 aliphatic rings. The molecule has 8 heteroatoms. The first-order valence-corrected chi connectivity index (χ1v) is 6.05. The van der Waals surface area contributed by atoms with Crippen molar-refractivity contribution in [2.24, 2.45) is 0 Å². The number of carbonyl (C=O) groups is 1. The van der Waals surface area contributed by atoms with Gasteiger partial charge < -0.3 is 11.1 Å². The molecule has 0 bridgehead atoms. The molecule has 0 radical (unpaired) electrons. The second-order valence-electron chi connectivity index (χ2n) is 4.09. The van der Waals surface area contributed by atoms with Crippen molar-refractivity contribution in [1.82, 2.24) is 4.98 Å². The maximum absolute atomic E-state index is 12.5. The Morgan fingerprint density at radius 3 is 2.57 bits per heavy atom. The quantitative estimate of drug-likeness (QED) is 0.890. The third-order valence-corrected chi connectivity index (χ3v) is 2.91. The molecule has 1 aromatic heterocycles. The Balaban J connectivity index is 2.25. The highest BCUT2D eigenvalue weighted by atomic mass is 35.5. The number of pyridine rings is 1. The molecule has 3 N–H and O–H groups in total. The van der Waals surface area contributed by atoms with E-state index in [1.165, 1.54) is 12.3 Å². The number of nitrogens with zero attached hydrogens (tertiary/aromatic N) is 1. The van der Waals surface area contributed by atoms with Crippen molar-refractivity contribution >= 4 is 28.9 Å². The summed E-state index contributed by atoms with van der Waals surface area (Å²) in [5.74, 6) is -0.658. The van der Waals surface area contributed by atoms with Crippen molar-refractivity contribution < 1.29 is 18.0 Å². The number of hydrogen-bond donors (Lipinski definition) is 2. The van der Waals surface area contributed by atoms with Crippen LogP contribution in [0.15, 0.2) is 36.5 Å². The second kappa shape index (κ2) is 5.61. The Bertz CT molecular complexity index is 689. The molecule has 0 atom stereocenters. The van der Waals surface area contributed by atoms with Gasteiger partial charge in [0.25, 0.3) is 5.91 Å². The average molecular weight is 316 g/mol. The van der Waals surface area contributed by atoms with E-state index in [-0.39, 0.29) is 22.1 Å². The highest BCUT2D eigenvalue weighted by Gasteiger charge is 2.31. The summed E-state index contributed by atoms with van der Waals surface area (Å²) in [6.07, 6.45) is -3.13. The molecule has 110 valence electrons. The second-order valence-corrected chi connectivity index (χ2v) is 4.49. The molecule has 0 aliphatic carbocycles. The van der Waals surface area contributed by atoms with Crippen LogP contribution >= 0.6 is 11.6 Å². The first-order valence-electron chi connectivity index (χ1n) is 5.67. The van der Waals surface area contributed by atoms with Gasteiger partial charge in [-0.2, -0.15) is 13.2 Å². The van der Waals surface area contributed by atoms with Gasteiger partial charge in [0.2, 0.25) is 0 Å². The first-order chi connectivity index (χ1) is 9.79. The van der Waals surface area contributed by atoms with Crippen molar-refractivity contribution in [3.05, 3.63) is 52.8 Å². The average Bonchev–Trinajstić information content (AvgIpc) is 2.40. The van der Waals surface area contributed by atoms with Crippen LogP contribution in [0.2, 0.25) is 5.02 Å². The molecule has 1 aromatic carbocycles. The zero-order valence-electron chi connectivity index (χ0n) is 10.4. The summed E-state index contributed by atoms with van der Waals surface area (Å²) in [6.45, 7) is 0. The van der Waals surface area contributed by atoms with Gasteiger partial charge in [-0.15, -0.1) is 0 Å². The Labute approximate surface area is 122 Å². The van der Waals surface area contributed by atoms with E-state index in [4.69, 9.17) is 17.3 Å². The third kappa shape index (κ3) is 3.43. The summed E-state index contributed by atoms with van der Waals surface area (Å²) in [4.78, 5) is 15.7. The molecular formula is C13H9ClF3N3O. The molecular weight excluding hydrogens is 307 g/mol. The minimum absolute atomic E-state index is 0.0338. The molecule has 2 aromatic rings. The zero-order chi connectivity index (χ0) is 15.6. The maximum Gasteiger partial charge on any atom is 0.416 e. The van der Waals surface area contributed by atoms with Crippen LogP contribution in [0.1, 0.15) is 16.1 Å². The number of nitrogens with two attached hydrogens (primary N) is 1. The monoisotopic (exact) mass is 315 g/mol. The lowest BCUT2D eigenvalue weighted by Crippen LogP contribution is -2.16. The molecule has 2 rings (SSSR count). The molecule has 4 nitrogen and oxygen atoms in total. The normalized spacial score (nSPS) is 11.2. The van der Waals surface area contributed by atoms with Gasteiger partial charge >= 0.3 is 6.18 Å². The van der Waals surface area contributed by atoms with Gasteiger partial charge in [-0.05, 0) is 30.3 Å². The number of benzene rings is 1. The number of anilines is 2. The minimum atomic E-state index is -4.50. The number of carbonyl (C=O) groups excluding carboxylic acids is 1. The fourth-order valence-corrected chi connectivity index (χ4v) is 1.81. The molecule has 1 heterocycles. The number of nitrogens with one attached hydrogen (secondary N) is 1. The van der Waals surface area contributed by atoms with E-state index in [1.54, 1.807) is 6.07 Å². The number of amides is 1. The molecule has 0 spiro atoms. The van der Waals surface area contributed by atoms with E-state index in [2.05, 4.69) is 10.3 Å². The summed E-state index contributed by atoms with van der Waals surface area (Å²) < 4.78 is 37.5. The minimum Gasteiger partial charge on any atom is -0.397 e. The number of hydrogen-bond acceptors (Lipinski definition) is 3. The molecule has 21 heavy (non-hydrogen) atoms. The predicted molar refractivity (Wildman–Crippen MR) is 73.1 cm³/mol. The van der Waals surface area contributed by atoms with Gasteiger partial charge in [-0.3, -0.25) is 4.79 Å². The predicted octanol–water partition coefficient (Wildman–Crippen LogP) is 3.59. The lowest BCUT2D eigenvalue weighted by molar-refractivity contribution is -0.137. The standard InChI is InChI=1S/C13H9ClF3N3O/c14-8-6-7(13(15,16)17)3-4-10(8)20-12(21)11-9(18)2-1-5-19-11/h1-6H,18H2,(H,20,21). The lowest BCUT2D eigenvalue weighted by Gasteiger charge is -2.11. The number of aromatic nitrogens is 1. The van der Waals surface area contributed by atoms with Gasteiger partial charge in [-0.25, -0.2) is 4.98 Å². The summed E-state index contributed by atoms with van der Waals surface area (Å²) in [7, 11) is 0. The van der Waals surface area contributed by atoms with Gasteiger partial charge in [0.05, 0.1) is 22.0 Å². The van der Waals surface area contributed by atoms with Crippen LogP contribution in [-0.2, 0) is 6.18 Å². The van der Waals surface area contributed by atoms with E-state index < -0.39 is 17.6 Å². The van der Waals surface area contributed by atoms with Gasteiger partial charge in [0, 0.05) is 6.20 Å². The number of rotatable bonds is 2. The highest BCUT2D eigenvalue weighted by Crippen LogP contribution is 2.33. The molecule has 0 fully saturated rings. The smallest absolute Gasteiger partial charge is 0.397 e. The Morgan fingerprint density at radius 1 is 1.29 bits per heavy atom. The van der Waals surface area contributed by atoms with Crippen LogP contribution in [0.25, 0.3) is 0 Å². The topological polar surface area (TPSA) is 68.0 Å². The summed E-state index contributed by atoms with van der Waals surface area (Å²) >= 11 is 5.74. The van der Waals surface area contributed by atoms with Crippen molar-refractivity contribution in [2.45, 2.75) is 6.18 Å². The summed E-state index contributed by atoms with van der Waals surface area (Å²) in [5, 5.41) is 2.14. The molecule has 0 saturated heterocycles. The number of halogens is 4. The van der Waals surface area contributed by atoms with Crippen LogP contribution in [0.4, 0.5) is 24.5 Å². The highest BCUT2D eigenvalue weighted by molar-refractivity contribution is 6.34. The van der Waals surface area contributed by atoms with Crippen LogP contribution < -0.4 is 11.1 Å². The van der Waals surface area contributed by atoms with E-state index in [1.807, 2.05) is 0 Å². The fraction of sp³-hybridized carbons (Fsp3) is 0.0769. The van der Waals surface area contributed by atoms with Crippen LogP contribution in [0.3, 0.4) is 0 Å². The number of nitrogen functional groups attached to an aromatic ring is 1. The molecule has 0 unspecified atom stereocenters. The largest absolute Gasteiger partial charge is 0.416 e. The van der Waals surface area contributed by atoms with Crippen molar-refractivity contribution in [2.75, 3.05) is 11.1 Å². The van der Waals surface area contributed by atoms with E-state index in [0.717, 1.165) is 18.2 Å².